The molecule has 26 heavy (non-hydrogen) atoms. The molecule has 3 rings (SSSR count). The number of ether oxygens (including phenoxy) is 1. The highest BCUT2D eigenvalue weighted by Gasteiger charge is 2.18. The number of nitro benzene ring substituents is 1. The molecule has 0 saturated heterocycles. The van der Waals surface area contributed by atoms with Gasteiger partial charge in [0, 0.05) is 30.6 Å². The van der Waals surface area contributed by atoms with E-state index in [2.05, 4.69) is 20.0 Å². The number of nitrogens with one attached hydrogen (secondary N) is 2. The summed E-state index contributed by atoms with van der Waals surface area (Å²) < 4.78 is 4.60. The van der Waals surface area contributed by atoms with E-state index in [0.29, 0.717) is 12.1 Å². The second-order valence-electron chi connectivity index (χ2n) is 5.52. The number of aromatic amines is 1. The Kier molecular flexibility index (Phi) is 4.93. The number of hydrogen-bond donors (Lipinski definition) is 2. The zero-order valence-corrected chi connectivity index (χ0v) is 13.9. The Balaban J connectivity index is 1.86. The lowest BCUT2D eigenvalue weighted by Gasteiger charge is -2.09. The van der Waals surface area contributed by atoms with E-state index in [0.717, 1.165) is 11.4 Å². The van der Waals surface area contributed by atoms with Gasteiger partial charge >= 0.3 is 5.97 Å². The lowest BCUT2D eigenvalue weighted by Crippen LogP contribution is -2.04. The molecule has 1 heterocycles. The van der Waals surface area contributed by atoms with E-state index < -0.39 is 10.9 Å². The monoisotopic (exact) mass is 352 g/mol. The third kappa shape index (κ3) is 3.86. The summed E-state index contributed by atoms with van der Waals surface area (Å²) in [4.78, 5) is 29.6. The Morgan fingerprint density at radius 2 is 2.15 bits per heavy atom. The second kappa shape index (κ2) is 7.47. The molecule has 0 atom stereocenters. The first-order valence-electron chi connectivity index (χ1n) is 7.78. The van der Waals surface area contributed by atoms with Gasteiger partial charge in [0.25, 0.3) is 5.69 Å². The van der Waals surface area contributed by atoms with Crippen molar-refractivity contribution >= 4 is 23.0 Å². The number of anilines is 2. The fraction of sp³-hybridized carbons (Fsp3) is 0.111. The number of benzene rings is 2. The molecule has 132 valence electrons. The smallest absolute Gasteiger partial charge is 0.338 e. The van der Waals surface area contributed by atoms with Crippen molar-refractivity contribution in [1.29, 1.82) is 0 Å². The van der Waals surface area contributed by atoms with Gasteiger partial charge in [0.2, 0.25) is 0 Å². The molecule has 2 N–H and O–H groups in total. The van der Waals surface area contributed by atoms with Gasteiger partial charge in [-0.15, -0.1) is 0 Å². The molecule has 0 fully saturated rings. The normalized spacial score (nSPS) is 10.3. The molecular weight excluding hydrogens is 336 g/mol. The number of imidazole rings is 1. The third-order valence-electron chi connectivity index (χ3n) is 3.75. The molecule has 0 amide bonds. The number of H-pyrrole nitrogens is 1. The maximum atomic E-state index is 11.6. The summed E-state index contributed by atoms with van der Waals surface area (Å²) in [5.74, 6) is 0.204. The first kappa shape index (κ1) is 17.2. The molecule has 0 bridgehead atoms. The minimum absolute atomic E-state index is 0.122. The molecule has 0 spiro atoms. The second-order valence-corrected chi connectivity index (χ2v) is 5.52. The van der Waals surface area contributed by atoms with E-state index in [1.54, 1.807) is 12.4 Å². The summed E-state index contributed by atoms with van der Waals surface area (Å²) >= 11 is 0. The molecule has 8 heteroatoms. The molecule has 0 aliphatic heterocycles. The topological polar surface area (TPSA) is 110 Å². The molecule has 8 nitrogen and oxygen atoms in total. The molecule has 0 aliphatic rings. The number of methoxy groups -OCH3 is 1. The number of aromatic nitrogens is 2. The lowest BCUT2D eigenvalue weighted by atomic mass is 10.1. The Bertz CT molecular complexity index is 938. The Labute approximate surface area is 149 Å². The van der Waals surface area contributed by atoms with Crippen LogP contribution >= 0.6 is 0 Å². The Morgan fingerprint density at radius 1 is 1.31 bits per heavy atom. The lowest BCUT2D eigenvalue weighted by molar-refractivity contribution is -0.383. The van der Waals surface area contributed by atoms with Crippen molar-refractivity contribution in [3.63, 3.8) is 0 Å². The fourth-order valence-electron chi connectivity index (χ4n) is 2.54. The molecule has 2 aromatic carbocycles. The largest absolute Gasteiger partial charge is 0.465 e. The summed E-state index contributed by atoms with van der Waals surface area (Å²) in [6, 6.07) is 11.7. The van der Waals surface area contributed by atoms with Crippen molar-refractivity contribution in [2.24, 2.45) is 0 Å². The average molecular weight is 352 g/mol. The molecule has 0 aliphatic carbocycles. The van der Waals surface area contributed by atoms with Crippen LogP contribution in [0.25, 0.3) is 0 Å². The predicted octanol–water partition coefficient (Wildman–Crippen LogP) is 3.44. The van der Waals surface area contributed by atoms with Gasteiger partial charge in [-0.25, -0.2) is 9.78 Å². The predicted molar refractivity (Wildman–Crippen MR) is 95.6 cm³/mol. The van der Waals surface area contributed by atoms with Crippen molar-refractivity contribution in [3.05, 3.63) is 81.9 Å². The van der Waals surface area contributed by atoms with Crippen LogP contribution in [0.4, 0.5) is 17.1 Å². The minimum atomic E-state index is -0.625. The molecule has 0 radical (unpaired) electrons. The number of esters is 1. The highest BCUT2D eigenvalue weighted by Crippen LogP contribution is 2.29. The first-order valence-corrected chi connectivity index (χ1v) is 7.78. The Morgan fingerprint density at radius 3 is 2.85 bits per heavy atom. The highest BCUT2D eigenvalue weighted by molar-refractivity contribution is 5.91. The molecule has 0 unspecified atom stereocenters. The van der Waals surface area contributed by atoms with Gasteiger partial charge in [0.05, 0.1) is 17.6 Å². The van der Waals surface area contributed by atoms with Crippen LogP contribution in [-0.4, -0.2) is 28.0 Å². The van der Waals surface area contributed by atoms with Crippen molar-refractivity contribution in [2.45, 2.75) is 6.42 Å². The van der Waals surface area contributed by atoms with E-state index in [9.17, 15) is 14.9 Å². The summed E-state index contributed by atoms with van der Waals surface area (Å²) in [6.07, 6.45) is 4.05. The van der Waals surface area contributed by atoms with Gasteiger partial charge in [0.15, 0.2) is 0 Å². The standard InChI is InChI=1S/C18H16N4O4/c1-26-18(23)13-5-6-15(16(11-13)22(24)25)21-14-4-2-3-12(9-14)10-17-19-7-8-20-17/h2-9,11,21H,10H2,1H3,(H,19,20). The number of rotatable bonds is 6. The van der Waals surface area contributed by atoms with Crippen molar-refractivity contribution in [2.75, 3.05) is 12.4 Å². The van der Waals surface area contributed by atoms with Gasteiger partial charge in [-0.1, -0.05) is 12.1 Å². The van der Waals surface area contributed by atoms with Gasteiger partial charge in [0.1, 0.15) is 11.5 Å². The van der Waals surface area contributed by atoms with Gasteiger partial charge in [-0.05, 0) is 29.8 Å². The van der Waals surface area contributed by atoms with Crippen molar-refractivity contribution < 1.29 is 14.5 Å². The van der Waals surface area contributed by atoms with Crippen LogP contribution < -0.4 is 5.32 Å². The number of carbonyl (C=O) groups is 1. The number of hydrogen-bond acceptors (Lipinski definition) is 6. The highest BCUT2D eigenvalue weighted by atomic mass is 16.6. The summed E-state index contributed by atoms with van der Waals surface area (Å²) in [7, 11) is 1.23. The van der Waals surface area contributed by atoms with Crippen LogP contribution in [0.3, 0.4) is 0 Å². The van der Waals surface area contributed by atoms with E-state index >= 15 is 0 Å². The van der Waals surface area contributed by atoms with Crippen LogP contribution in [0.15, 0.2) is 54.9 Å². The minimum Gasteiger partial charge on any atom is -0.465 e. The maximum absolute atomic E-state index is 11.6. The van der Waals surface area contributed by atoms with E-state index in [1.165, 1.54) is 25.3 Å². The summed E-state index contributed by atoms with van der Waals surface area (Å²) in [6.45, 7) is 0. The fourth-order valence-corrected chi connectivity index (χ4v) is 2.54. The van der Waals surface area contributed by atoms with Crippen LogP contribution in [0.5, 0.6) is 0 Å². The first-order chi connectivity index (χ1) is 12.6. The van der Waals surface area contributed by atoms with Gasteiger partial charge in [-0.3, -0.25) is 10.1 Å². The van der Waals surface area contributed by atoms with Crippen LogP contribution in [0, 0.1) is 10.1 Å². The molecular formula is C18H16N4O4. The van der Waals surface area contributed by atoms with Crippen LogP contribution in [0.2, 0.25) is 0 Å². The van der Waals surface area contributed by atoms with Crippen LogP contribution in [-0.2, 0) is 11.2 Å². The SMILES string of the molecule is COC(=O)c1ccc(Nc2cccc(Cc3ncc[nH]3)c2)c([N+](=O)[O-])c1. The zero-order valence-electron chi connectivity index (χ0n) is 13.9. The van der Waals surface area contributed by atoms with E-state index in [-0.39, 0.29) is 16.9 Å². The van der Waals surface area contributed by atoms with Gasteiger partial charge in [-0.2, -0.15) is 0 Å². The van der Waals surface area contributed by atoms with Crippen molar-refractivity contribution in [1.82, 2.24) is 9.97 Å². The third-order valence-corrected chi connectivity index (χ3v) is 3.75. The number of carbonyl (C=O) groups excluding carboxylic acids is 1. The van der Waals surface area contributed by atoms with Crippen molar-refractivity contribution in [3.8, 4) is 0 Å². The molecule has 0 saturated carbocycles. The average Bonchev–Trinajstić information content (AvgIpc) is 3.14. The van der Waals surface area contributed by atoms with Crippen LogP contribution in [0.1, 0.15) is 21.7 Å². The maximum Gasteiger partial charge on any atom is 0.338 e. The summed E-state index contributed by atoms with van der Waals surface area (Å²) in [5.41, 5.74) is 1.90. The number of nitrogens with zero attached hydrogens (tertiary/aromatic N) is 2. The summed E-state index contributed by atoms with van der Waals surface area (Å²) in [5, 5.41) is 14.4. The van der Waals surface area contributed by atoms with Gasteiger partial charge < -0.3 is 15.0 Å². The quantitative estimate of drug-likeness (QED) is 0.399. The molecule has 1 aromatic heterocycles. The molecule has 3 aromatic rings. The van der Waals surface area contributed by atoms with E-state index in [4.69, 9.17) is 0 Å². The Hall–Kier alpha value is -3.68. The van der Waals surface area contributed by atoms with E-state index in [1.807, 2.05) is 24.3 Å². The zero-order chi connectivity index (χ0) is 18.5. The number of nitro groups is 1.